The van der Waals surface area contributed by atoms with E-state index in [1.54, 1.807) is 11.8 Å². The zero-order valence-corrected chi connectivity index (χ0v) is 17.7. The molecule has 0 aromatic heterocycles. The third-order valence-corrected chi connectivity index (χ3v) is 7.10. The summed E-state index contributed by atoms with van der Waals surface area (Å²) in [6.45, 7) is 4.62. The molecule has 2 heterocycles. The Morgan fingerprint density at radius 3 is 2.59 bits per heavy atom. The van der Waals surface area contributed by atoms with Crippen molar-refractivity contribution >= 4 is 23.6 Å². The lowest BCUT2D eigenvalue weighted by molar-refractivity contribution is -0.128. The number of amides is 2. The van der Waals surface area contributed by atoms with Gasteiger partial charge in [0.15, 0.2) is 0 Å². The molecule has 0 bridgehead atoms. The van der Waals surface area contributed by atoms with Crippen LogP contribution in [0.2, 0.25) is 0 Å². The summed E-state index contributed by atoms with van der Waals surface area (Å²) in [5.41, 5.74) is 3.08. The predicted molar refractivity (Wildman–Crippen MR) is 118 cm³/mol. The molecule has 2 fully saturated rings. The summed E-state index contributed by atoms with van der Waals surface area (Å²) in [4.78, 5) is 29.2. The molecule has 152 valence electrons. The maximum absolute atomic E-state index is 12.8. The van der Waals surface area contributed by atoms with Crippen LogP contribution in [0.3, 0.4) is 0 Å². The van der Waals surface area contributed by atoms with Crippen LogP contribution in [0.1, 0.15) is 46.6 Å². The first-order valence-electron chi connectivity index (χ1n) is 10.5. The number of benzene rings is 2. The van der Waals surface area contributed by atoms with Crippen molar-refractivity contribution in [2.45, 2.75) is 31.6 Å². The van der Waals surface area contributed by atoms with Gasteiger partial charge in [-0.2, -0.15) is 0 Å². The van der Waals surface area contributed by atoms with E-state index in [0.717, 1.165) is 37.1 Å². The van der Waals surface area contributed by atoms with Crippen LogP contribution in [-0.2, 0) is 11.2 Å². The van der Waals surface area contributed by atoms with E-state index in [-0.39, 0.29) is 17.2 Å². The molecule has 4 rings (SSSR count). The van der Waals surface area contributed by atoms with E-state index < -0.39 is 0 Å². The summed E-state index contributed by atoms with van der Waals surface area (Å²) >= 11 is 1.67. The quantitative estimate of drug-likeness (QED) is 0.737. The maximum Gasteiger partial charge on any atom is 0.253 e. The lowest BCUT2D eigenvalue weighted by Gasteiger charge is -2.31. The lowest BCUT2D eigenvalue weighted by Crippen LogP contribution is -2.39. The van der Waals surface area contributed by atoms with Crippen LogP contribution in [0.15, 0.2) is 54.6 Å². The number of nitrogens with zero attached hydrogens (tertiary/aromatic N) is 2. The van der Waals surface area contributed by atoms with Gasteiger partial charge in [-0.3, -0.25) is 9.59 Å². The molecule has 0 saturated carbocycles. The Morgan fingerprint density at radius 2 is 1.86 bits per heavy atom. The highest BCUT2D eigenvalue weighted by Gasteiger charge is 2.32. The van der Waals surface area contributed by atoms with E-state index >= 15 is 0 Å². The molecular formula is C24H28N2O2S. The van der Waals surface area contributed by atoms with Gasteiger partial charge in [-0.25, -0.2) is 0 Å². The van der Waals surface area contributed by atoms with Crippen LogP contribution in [0.5, 0.6) is 0 Å². The van der Waals surface area contributed by atoms with Crippen LogP contribution in [-0.4, -0.2) is 47.0 Å². The van der Waals surface area contributed by atoms with E-state index in [9.17, 15) is 9.59 Å². The zero-order valence-electron chi connectivity index (χ0n) is 16.9. The smallest absolute Gasteiger partial charge is 0.253 e. The SMILES string of the molecule is C[C@H]1CCCN(C(=O)c2ccc([C@@H]3SCC(=O)N3CCc3ccccc3)cc2)C1. The van der Waals surface area contributed by atoms with Crippen molar-refractivity contribution in [2.75, 3.05) is 25.4 Å². The van der Waals surface area contributed by atoms with Gasteiger partial charge in [-0.05, 0) is 48.4 Å². The first kappa shape index (κ1) is 20.0. The van der Waals surface area contributed by atoms with Crippen LogP contribution < -0.4 is 0 Å². The fourth-order valence-corrected chi connectivity index (χ4v) is 5.43. The van der Waals surface area contributed by atoms with Crippen LogP contribution >= 0.6 is 11.8 Å². The molecule has 4 nitrogen and oxygen atoms in total. The molecule has 29 heavy (non-hydrogen) atoms. The third-order valence-electron chi connectivity index (χ3n) is 5.84. The Hall–Kier alpha value is -2.27. The number of piperidine rings is 1. The van der Waals surface area contributed by atoms with Gasteiger partial charge >= 0.3 is 0 Å². The van der Waals surface area contributed by atoms with Gasteiger partial charge in [0.2, 0.25) is 5.91 Å². The molecule has 2 aliphatic rings. The average molecular weight is 409 g/mol. The summed E-state index contributed by atoms with van der Waals surface area (Å²) in [6.07, 6.45) is 3.14. The second-order valence-corrected chi connectivity index (χ2v) is 9.18. The highest BCUT2D eigenvalue weighted by atomic mass is 32.2. The van der Waals surface area contributed by atoms with E-state index in [1.807, 2.05) is 52.3 Å². The van der Waals surface area contributed by atoms with E-state index in [4.69, 9.17) is 0 Å². The van der Waals surface area contributed by atoms with Crippen molar-refractivity contribution in [1.29, 1.82) is 0 Å². The van der Waals surface area contributed by atoms with Crippen molar-refractivity contribution in [1.82, 2.24) is 9.80 Å². The summed E-state index contributed by atoms with van der Waals surface area (Å²) in [5, 5.41) is 0.0328. The summed E-state index contributed by atoms with van der Waals surface area (Å²) < 4.78 is 0. The average Bonchev–Trinajstić information content (AvgIpc) is 3.13. The Morgan fingerprint density at radius 1 is 1.10 bits per heavy atom. The van der Waals surface area contributed by atoms with Gasteiger partial charge in [0.1, 0.15) is 5.37 Å². The van der Waals surface area contributed by atoms with Gasteiger partial charge in [-0.15, -0.1) is 11.8 Å². The summed E-state index contributed by atoms with van der Waals surface area (Å²) in [6, 6.07) is 18.2. The molecule has 2 aliphatic heterocycles. The van der Waals surface area contributed by atoms with Crippen LogP contribution in [0.25, 0.3) is 0 Å². The standard InChI is InChI=1S/C24H28N2O2S/c1-18-6-5-14-25(16-18)23(28)20-9-11-21(12-10-20)24-26(22(27)17-29-24)15-13-19-7-3-2-4-8-19/h2-4,7-12,18,24H,5-6,13-17H2,1H3/t18-,24-/m0/s1. The normalized spacial score (nSPS) is 22.2. The molecule has 0 spiro atoms. The molecule has 0 aliphatic carbocycles. The minimum Gasteiger partial charge on any atom is -0.338 e. The van der Waals surface area contributed by atoms with Crippen molar-refractivity contribution in [2.24, 2.45) is 5.92 Å². The third kappa shape index (κ3) is 4.67. The van der Waals surface area contributed by atoms with Gasteiger partial charge in [0, 0.05) is 25.2 Å². The van der Waals surface area contributed by atoms with Crippen LogP contribution in [0.4, 0.5) is 0 Å². The Labute approximate surface area is 177 Å². The van der Waals surface area contributed by atoms with E-state index in [1.165, 1.54) is 12.0 Å². The summed E-state index contributed by atoms with van der Waals surface area (Å²) in [7, 11) is 0. The minimum absolute atomic E-state index is 0.0328. The van der Waals surface area contributed by atoms with Crippen molar-refractivity contribution in [3.8, 4) is 0 Å². The number of carbonyl (C=O) groups is 2. The Balaban J connectivity index is 1.43. The molecule has 0 radical (unpaired) electrons. The number of hydrogen-bond acceptors (Lipinski definition) is 3. The van der Waals surface area contributed by atoms with Gasteiger partial charge < -0.3 is 9.80 Å². The molecular weight excluding hydrogens is 380 g/mol. The predicted octanol–water partition coefficient (Wildman–Crippen LogP) is 4.38. The minimum atomic E-state index is 0.0328. The summed E-state index contributed by atoms with van der Waals surface area (Å²) in [5.74, 6) is 1.41. The number of thioether (sulfide) groups is 1. The fourth-order valence-electron chi connectivity index (χ4n) is 4.21. The first-order chi connectivity index (χ1) is 14.1. The monoisotopic (exact) mass is 408 g/mol. The van der Waals surface area contributed by atoms with E-state index in [2.05, 4.69) is 19.1 Å². The fraction of sp³-hybridized carbons (Fsp3) is 0.417. The Bertz CT molecular complexity index is 853. The maximum atomic E-state index is 12.8. The van der Waals surface area contributed by atoms with Crippen molar-refractivity contribution < 1.29 is 9.59 Å². The molecule has 2 aromatic carbocycles. The molecule has 5 heteroatoms. The molecule has 2 atom stereocenters. The number of hydrogen-bond donors (Lipinski definition) is 0. The molecule has 2 amide bonds. The highest BCUT2D eigenvalue weighted by Crippen LogP contribution is 2.38. The number of rotatable bonds is 5. The molecule has 0 N–H and O–H groups in total. The topological polar surface area (TPSA) is 40.6 Å². The molecule has 0 unspecified atom stereocenters. The zero-order chi connectivity index (χ0) is 20.2. The van der Waals surface area contributed by atoms with Gasteiger partial charge in [0.25, 0.3) is 5.91 Å². The molecule has 2 saturated heterocycles. The van der Waals surface area contributed by atoms with Crippen molar-refractivity contribution in [3.63, 3.8) is 0 Å². The first-order valence-corrected chi connectivity index (χ1v) is 11.5. The number of likely N-dealkylation sites (tertiary alicyclic amines) is 1. The van der Waals surface area contributed by atoms with Crippen molar-refractivity contribution in [3.05, 3.63) is 71.3 Å². The molecule has 2 aromatic rings. The largest absolute Gasteiger partial charge is 0.338 e. The highest BCUT2D eigenvalue weighted by molar-refractivity contribution is 8.00. The van der Waals surface area contributed by atoms with Gasteiger partial charge in [0.05, 0.1) is 5.75 Å². The lowest BCUT2D eigenvalue weighted by atomic mass is 9.99. The second kappa shape index (κ2) is 9.04. The van der Waals surface area contributed by atoms with Gasteiger partial charge in [-0.1, -0.05) is 49.4 Å². The van der Waals surface area contributed by atoms with E-state index in [0.29, 0.717) is 18.2 Å². The second-order valence-electron chi connectivity index (χ2n) is 8.11. The number of carbonyl (C=O) groups excluding carboxylic acids is 2. The Kier molecular flexibility index (Phi) is 6.24. The van der Waals surface area contributed by atoms with Crippen LogP contribution in [0, 0.1) is 5.92 Å².